The van der Waals surface area contributed by atoms with Crippen molar-refractivity contribution in [2.24, 2.45) is 10.8 Å². The number of fused-ring (bicyclic) bond motifs is 1. The van der Waals surface area contributed by atoms with E-state index < -0.39 is 22.7 Å². The van der Waals surface area contributed by atoms with Crippen LogP contribution in [0.4, 0.5) is 0 Å². The summed E-state index contributed by atoms with van der Waals surface area (Å²) < 4.78 is 11.3. The molecule has 0 aromatic carbocycles. The molecule has 4 aliphatic rings. The van der Waals surface area contributed by atoms with Gasteiger partial charge in [0.2, 0.25) is 5.79 Å². The first-order valence-electron chi connectivity index (χ1n) is 5.64. The zero-order valence-electron chi connectivity index (χ0n) is 9.53. The molecule has 1 saturated carbocycles. The van der Waals surface area contributed by atoms with Crippen LogP contribution < -0.4 is 0 Å². The summed E-state index contributed by atoms with van der Waals surface area (Å²) in [6, 6.07) is 0. The Morgan fingerprint density at radius 2 is 1.94 bits per heavy atom. The minimum Gasteiger partial charge on any atom is -0.386 e. The van der Waals surface area contributed by atoms with Crippen molar-refractivity contribution >= 4 is 5.78 Å². The van der Waals surface area contributed by atoms with Crippen molar-refractivity contribution in [3.63, 3.8) is 0 Å². The lowest BCUT2D eigenvalue weighted by atomic mass is 9.54. The van der Waals surface area contributed by atoms with Gasteiger partial charge in [0.1, 0.15) is 11.9 Å². The zero-order chi connectivity index (χ0) is 11.6. The van der Waals surface area contributed by atoms with E-state index in [1.807, 2.05) is 13.0 Å². The fourth-order valence-corrected chi connectivity index (χ4v) is 3.14. The predicted molar refractivity (Wildman–Crippen MR) is 55.6 cm³/mol. The largest absolute Gasteiger partial charge is 0.386 e. The number of Topliss-reactive ketones (excluding diaryl/α,β-unsaturated/α-hetero) is 1. The van der Waals surface area contributed by atoms with Gasteiger partial charge in [0.25, 0.3) is 0 Å². The van der Waals surface area contributed by atoms with Crippen LogP contribution in [-0.4, -0.2) is 36.0 Å². The molecule has 4 heteroatoms. The van der Waals surface area contributed by atoms with Crippen LogP contribution in [0.15, 0.2) is 12.2 Å². The number of ether oxygens (including phenoxy) is 2. The summed E-state index contributed by atoms with van der Waals surface area (Å²) >= 11 is 0. The summed E-state index contributed by atoms with van der Waals surface area (Å²) in [6.45, 7) is 4.62. The number of hydrogen-bond donors (Lipinski definition) is 1. The van der Waals surface area contributed by atoms with Crippen LogP contribution in [0.1, 0.15) is 20.3 Å². The molecule has 1 saturated heterocycles. The second-order valence-electron chi connectivity index (χ2n) is 5.40. The highest BCUT2D eigenvalue weighted by Crippen LogP contribution is 2.58. The van der Waals surface area contributed by atoms with E-state index >= 15 is 0 Å². The molecule has 0 amide bonds. The Morgan fingerprint density at radius 3 is 2.50 bits per heavy atom. The number of aliphatic hydroxyl groups is 1. The van der Waals surface area contributed by atoms with Gasteiger partial charge in [0, 0.05) is 11.8 Å². The van der Waals surface area contributed by atoms with E-state index in [4.69, 9.17) is 9.47 Å². The smallest absolute Gasteiger partial charge is 0.205 e. The number of ketones is 1. The van der Waals surface area contributed by atoms with Crippen LogP contribution in [-0.2, 0) is 14.3 Å². The van der Waals surface area contributed by atoms with E-state index in [-0.39, 0.29) is 5.78 Å². The van der Waals surface area contributed by atoms with Gasteiger partial charge >= 0.3 is 0 Å². The van der Waals surface area contributed by atoms with E-state index in [0.29, 0.717) is 19.6 Å². The highest BCUT2D eigenvalue weighted by atomic mass is 16.7. The number of aliphatic hydroxyl groups excluding tert-OH is 1. The topological polar surface area (TPSA) is 55.8 Å². The molecule has 2 bridgehead atoms. The normalized spacial score (nSPS) is 49.2. The van der Waals surface area contributed by atoms with Crippen molar-refractivity contribution in [2.75, 3.05) is 13.2 Å². The van der Waals surface area contributed by atoms with E-state index in [2.05, 4.69) is 0 Å². The molecular formula is C12H16O4. The molecule has 1 heterocycles. The van der Waals surface area contributed by atoms with Gasteiger partial charge in [0.05, 0.1) is 18.6 Å². The molecule has 1 aliphatic heterocycles. The van der Waals surface area contributed by atoms with Crippen molar-refractivity contribution in [3.05, 3.63) is 12.2 Å². The summed E-state index contributed by atoms with van der Waals surface area (Å²) in [5.41, 5.74) is -1.40. The van der Waals surface area contributed by atoms with E-state index in [9.17, 15) is 9.90 Å². The lowest BCUT2D eigenvalue weighted by molar-refractivity contribution is -0.302. The lowest BCUT2D eigenvalue weighted by Crippen LogP contribution is -2.69. The predicted octanol–water partition coefficient (Wildman–Crippen LogP) is 0.646. The number of rotatable bonds is 0. The Hall–Kier alpha value is -0.710. The summed E-state index contributed by atoms with van der Waals surface area (Å²) in [4.78, 5) is 12.0. The Morgan fingerprint density at radius 1 is 1.31 bits per heavy atom. The summed E-state index contributed by atoms with van der Waals surface area (Å²) in [5, 5.41) is 10.4. The first kappa shape index (κ1) is 10.4. The van der Waals surface area contributed by atoms with Crippen molar-refractivity contribution in [2.45, 2.75) is 32.2 Å². The van der Waals surface area contributed by atoms with E-state index in [1.54, 1.807) is 13.0 Å². The van der Waals surface area contributed by atoms with Gasteiger partial charge < -0.3 is 14.6 Å². The second kappa shape index (κ2) is 2.75. The van der Waals surface area contributed by atoms with Gasteiger partial charge in [-0.25, -0.2) is 0 Å². The average Bonchev–Trinajstić information content (AvgIpc) is 2.71. The van der Waals surface area contributed by atoms with Gasteiger partial charge in [-0.2, -0.15) is 0 Å². The van der Waals surface area contributed by atoms with Crippen LogP contribution >= 0.6 is 0 Å². The minimum absolute atomic E-state index is 0.0646. The summed E-state index contributed by atoms with van der Waals surface area (Å²) in [6.07, 6.45) is 3.22. The molecule has 0 unspecified atom stereocenters. The van der Waals surface area contributed by atoms with Crippen LogP contribution in [0.5, 0.6) is 0 Å². The Bertz CT molecular complexity index is 382. The van der Waals surface area contributed by atoms with Crippen molar-refractivity contribution in [1.82, 2.24) is 0 Å². The van der Waals surface area contributed by atoms with Crippen molar-refractivity contribution in [1.29, 1.82) is 0 Å². The van der Waals surface area contributed by atoms with Crippen molar-refractivity contribution in [3.8, 4) is 0 Å². The first-order chi connectivity index (χ1) is 7.45. The fraction of sp³-hybridized carbons (Fsp3) is 0.750. The second-order valence-corrected chi connectivity index (χ2v) is 5.40. The van der Waals surface area contributed by atoms with Gasteiger partial charge in [-0.05, 0) is 6.92 Å². The molecule has 16 heavy (non-hydrogen) atoms. The monoisotopic (exact) mass is 224 g/mol. The van der Waals surface area contributed by atoms with E-state index in [0.717, 1.165) is 0 Å². The zero-order valence-corrected chi connectivity index (χ0v) is 9.53. The molecule has 4 nitrogen and oxygen atoms in total. The van der Waals surface area contributed by atoms with E-state index in [1.165, 1.54) is 0 Å². The summed E-state index contributed by atoms with van der Waals surface area (Å²) in [7, 11) is 0. The molecular weight excluding hydrogens is 208 g/mol. The fourth-order valence-electron chi connectivity index (χ4n) is 3.14. The molecule has 1 N–H and O–H groups in total. The van der Waals surface area contributed by atoms with Gasteiger partial charge in [0.15, 0.2) is 0 Å². The quantitative estimate of drug-likeness (QED) is 0.614. The molecule has 88 valence electrons. The lowest BCUT2D eigenvalue weighted by Gasteiger charge is -2.57. The van der Waals surface area contributed by atoms with Gasteiger partial charge in [-0.3, -0.25) is 4.79 Å². The Labute approximate surface area is 94.2 Å². The van der Waals surface area contributed by atoms with Crippen LogP contribution in [0.3, 0.4) is 0 Å². The number of carbonyl (C=O) groups is 1. The maximum Gasteiger partial charge on any atom is 0.205 e. The molecule has 3 aliphatic carbocycles. The van der Waals surface area contributed by atoms with Gasteiger partial charge in [-0.1, -0.05) is 19.1 Å². The molecule has 3 atom stereocenters. The number of carbonyl (C=O) groups excluding carboxylic acids is 1. The highest BCUT2D eigenvalue weighted by Gasteiger charge is 2.69. The molecule has 1 spiro atoms. The molecule has 2 fully saturated rings. The standard InChI is InChI=1S/C12H16O4/c1-10-3-4-11(2,8(13)7-10)9(14)12(10)15-5-6-16-12/h3-4,9,14H,5-7H2,1-2H3/t9-,10-,11+/m0/s1. The Kier molecular flexibility index (Phi) is 1.80. The van der Waals surface area contributed by atoms with Crippen LogP contribution in [0.25, 0.3) is 0 Å². The maximum atomic E-state index is 12.0. The average molecular weight is 224 g/mol. The molecule has 0 radical (unpaired) electrons. The molecule has 0 aromatic rings. The van der Waals surface area contributed by atoms with Crippen LogP contribution in [0, 0.1) is 10.8 Å². The van der Waals surface area contributed by atoms with Crippen molar-refractivity contribution < 1.29 is 19.4 Å². The maximum absolute atomic E-state index is 12.0. The first-order valence-corrected chi connectivity index (χ1v) is 5.64. The SMILES string of the molecule is C[C@]12C=C[C@](C)(C(=O)C1)[C@H](O)C21OCCO1. The number of hydrogen-bond acceptors (Lipinski definition) is 4. The third-order valence-corrected chi connectivity index (χ3v) is 4.37. The minimum atomic E-state index is -1.02. The third kappa shape index (κ3) is 0.898. The summed E-state index contributed by atoms with van der Waals surface area (Å²) in [5.74, 6) is -0.959. The Balaban J connectivity index is 2.18. The highest BCUT2D eigenvalue weighted by molar-refractivity contribution is 5.91. The molecule has 4 rings (SSSR count). The molecule has 0 aromatic heterocycles. The van der Waals surface area contributed by atoms with Gasteiger partial charge in [-0.15, -0.1) is 0 Å². The van der Waals surface area contributed by atoms with Crippen LogP contribution in [0.2, 0.25) is 0 Å². The third-order valence-electron chi connectivity index (χ3n) is 4.37.